The van der Waals surface area contributed by atoms with Crippen molar-refractivity contribution < 1.29 is 0 Å². The molecule has 0 aliphatic heterocycles. The van der Waals surface area contributed by atoms with E-state index in [1.165, 1.54) is 0 Å². The molecular formula is C6H12N2. The van der Waals surface area contributed by atoms with Crippen LogP contribution in [0.4, 0.5) is 0 Å². The van der Waals surface area contributed by atoms with E-state index >= 15 is 0 Å². The summed E-state index contributed by atoms with van der Waals surface area (Å²) < 4.78 is 0. The molecule has 0 aromatic rings. The van der Waals surface area contributed by atoms with Gasteiger partial charge >= 0.3 is 0 Å². The third-order valence-corrected chi connectivity index (χ3v) is 1.07. The van der Waals surface area contributed by atoms with Gasteiger partial charge in [0.1, 0.15) is 0 Å². The van der Waals surface area contributed by atoms with Crippen LogP contribution >= 0.6 is 0 Å². The van der Waals surface area contributed by atoms with Gasteiger partial charge in [0.25, 0.3) is 0 Å². The lowest BCUT2D eigenvalue weighted by molar-refractivity contribution is 1.21. The van der Waals surface area contributed by atoms with Crippen molar-refractivity contribution in [2.45, 2.75) is 26.7 Å². The Labute approximate surface area is 49.9 Å². The predicted octanol–water partition coefficient (Wildman–Crippen LogP) is 1.85. The highest BCUT2D eigenvalue weighted by Crippen LogP contribution is 1.88. The summed E-state index contributed by atoms with van der Waals surface area (Å²) in [6.45, 7) is 3.79. The third-order valence-electron chi connectivity index (χ3n) is 1.07. The van der Waals surface area contributed by atoms with Gasteiger partial charge in [-0.2, -0.15) is 0 Å². The minimum absolute atomic E-state index is 0.465. The Morgan fingerprint density at radius 1 is 1.00 bits per heavy atom. The third kappa shape index (κ3) is 1.87. The molecule has 0 aromatic carbocycles. The highest BCUT2D eigenvalue weighted by molar-refractivity contribution is 6.39. The van der Waals surface area contributed by atoms with Crippen LogP contribution in [0, 0.1) is 10.8 Å². The topological polar surface area (TPSA) is 47.7 Å². The molecule has 0 bridgehead atoms. The number of rotatable bonds is 3. The van der Waals surface area contributed by atoms with E-state index in [2.05, 4.69) is 0 Å². The van der Waals surface area contributed by atoms with Crippen molar-refractivity contribution in [1.82, 2.24) is 0 Å². The molecule has 0 heterocycles. The molecule has 2 heteroatoms. The monoisotopic (exact) mass is 112 g/mol. The van der Waals surface area contributed by atoms with Crippen LogP contribution in [0.1, 0.15) is 26.7 Å². The first-order valence-electron chi connectivity index (χ1n) is 2.87. The molecule has 0 aromatic heterocycles. The Morgan fingerprint density at radius 2 is 1.25 bits per heavy atom. The summed E-state index contributed by atoms with van der Waals surface area (Å²) in [6, 6.07) is 0. The second-order valence-electron chi connectivity index (χ2n) is 1.66. The fourth-order valence-corrected chi connectivity index (χ4v) is 0.427. The summed E-state index contributed by atoms with van der Waals surface area (Å²) in [4.78, 5) is 0. The lowest BCUT2D eigenvalue weighted by Gasteiger charge is -1.96. The van der Waals surface area contributed by atoms with Gasteiger partial charge in [0.15, 0.2) is 0 Å². The average Bonchev–Trinajstić information content (AvgIpc) is 1.84. The fraction of sp³-hybridized carbons (Fsp3) is 0.667. The SMILES string of the molecule is CCC(=N)C(=N)CC. The normalized spacial score (nSPS) is 8.75. The molecule has 0 saturated carbocycles. The molecule has 0 unspecified atom stereocenters. The molecule has 0 radical (unpaired) electrons. The molecule has 0 atom stereocenters. The molecule has 0 aliphatic carbocycles. The van der Waals surface area contributed by atoms with Crippen LogP contribution in [0.2, 0.25) is 0 Å². The van der Waals surface area contributed by atoms with Crippen LogP contribution in [-0.4, -0.2) is 11.4 Å². The first kappa shape index (κ1) is 7.34. The van der Waals surface area contributed by atoms with E-state index < -0.39 is 0 Å². The van der Waals surface area contributed by atoms with E-state index in [-0.39, 0.29) is 0 Å². The summed E-state index contributed by atoms with van der Waals surface area (Å²) in [6.07, 6.45) is 1.37. The minimum Gasteiger partial charge on any atom is -0.303 e. The van der Waals surface area contributed by atoms with Crippen LogP contribution in [0.25, 0.3) is 0 Å². The van der Waals surface area contributed by atoms with Crippen LogP contribution < -0.4 is 0 Å². The van der Waals surface area contributed by atoms with Crippen molar-refractivity contribution in [1.29, 1.82) is 10.8 Å². The zero-order valence-corrected chi connectivity index (χ0v) is 5.41. The molecule has 0 spiro atoms. The van der Waals surface area contributed by atoms with Crippen molar-refractivity contribution >= 4 is 11.4 Å². The first-order valence-corrected chi connectivity index (χ1v) is 2.87. The minimum atomic E-state index is 0.465. The highest BCUT2D eigenvalue weighted by Gasteiger charge is 1.96. The van der Waals surface area contributed by atoms with Gasteiger partial charge in [0, 0.05) is 0 Å². The Kier molecular flexibility index (Phi) is 3.08. The van der Waals surface area contributed by atoms with Crippen molar-refractivity contribution in [3.63, 3.8) is 0 Å². The lowest BCUT2D eigenvalue weighted by atomic mass is 10.1. The fourth-order valence-electron chi connectivity index (χ4n) is 0.427. The predicted molar refractivity (Wildman–Crippen MR) is 36.0 cm³/mol. The van der Waals surface area contributed by atoms with Crippen LogP contribution in [-0.2, 0) is 0 Å². The number of nitrogens with one attached hydrogen (secondary N) is 2. The van der Waals surface area contributed by atoms with Crippen molar-refractivity contribution in [2.75, 3.05) is 0 Å². The Morgan fingerprint density at radius 3 is 1.38 bits per heavy atom. The maximum absolute atomic E-state index is 7.12. The highest BCUT2D eigenvalue weighted by atomic mass is 14.5. The molecule has 8 heavy (non-hydrogen) atoms. The Hall–Kier alpha value is -0.660. The second kappa shape index (κ2) is 3.36. The first-order chi connectivity index (χ1) is 3.72. The van der Waals surface area contributed by atoms with E-state index in [0.29, 0.717) is 24.3 Å². The van der Waals surface area contributed by atoms with Gasteiger partial charge in [0.2, 0.25) is 0 Å². The Bertz CT molecular complexity index is 91.1. The molecule has 0 amide bonds. The summed E-state index contributed by atoms with van der Waals surface area (Å²) >= 11 is 0. The quantitative estimate of drug-likeness (QED) is 0.523. The molecule has 2 nitrogen and oxygen atoms in total. The van der Waals surface area contributed by atoms with Crippen LogP contribution in [0.3, 0.4) is 0 Å². The summed E-state index contributed by atoms with van der Waals surface area (Å²) in [7, 11) is 0. The Balaban J connectivity index is 3.64. The average molecular weight is 112 g/mol. The van der Waals surface area contributed by atoms with Crippen molar-refractivity contribution in [2.24, 2.45) is 0 Å². The lowest BCUT2D eigenvalue weighted by Crippen LogP contribution is -2.07. The van der Waals surface area contributed by atoms with Gasteiger partial charge in [-0.05, 0) is 12.8 Å². The van der Waals surface area contributed by atoms with Gasteiger partial charge in [-0.1, -0.05) is 13.8 Å². The standard InChI is InChI=1S/C6H12N2/c1-3-5(7)6(8)4-2/h7-8H,3-4H2,1-2H3. The molecule has 0 saturated heterocycles. The largest absolute Gasteiger partial charge is 0.303 e. The molecule has 2 N–H and O–H groups in total. The molecule has 0 rings (SSSR count). The van der Waals surface area contributed by atoms with Crippen LogP contribution in [0.5, 0.6) is 0 Å². The number of hydrogen-bond donors (Lipinski definition) is 2. The molecule has 0 fully saturated rings. The van der Waals surface area contributed by atoms with Crippen molar-refractivity contribution in [3.8, 4) is 0 Å². The van der Waals surface area contributed by atoms with E-state index in [1.807, 2.05) is 13.8 Å². The van der Waals surface area contributed by atoms with E-state index in [9.17, 15) is 0 Å². The van der Waals surface area contributed by atoms with Gasteiger partial charge in [0.05, 0.1) is 11.4 Å². The summed E-state index contributed by atoms with van der Waals surface area (Å²) in [5.74, 6) is 0. The smallest absolute Gasteiger partial charge is 0.0518 e. The number of hydrogen-bond acceptors (Lipinski definition) is 2. The van der Waals surface area contributed by atoms with Gasteiger partial charge in [-0.3, -0.25) is 0 Å². The van der Waals surface area contributed by atoms with Gasteiger partial charge < -0.3 is 10.8 Å². The zero-order valence-electron chi connectivity index (χ0n) is 5.41. The van der Waals surface area contributed by atoms with Gasteiger partial charge in [-0.15, -0.1) is 0 Å². The second-order valence-corrected chi connectivity index (χ2v) is 1.66. The zero-order chi connectivity index (χ0) is 6.57. The van der Waals surface area contributed by atoms with Gasteiger partial charge in [-0.25, -0.2) is 0 Å². The van der Waals surface area contributed by atoms with Crippen molar-refractivity contribution in [3.05, 3.63) is 0 Å². The maximum atomic E-state index is 7.12. The molecule has 46 valence electrons. The maximum Gasteiger partial charge on any atom is 0.0518 e. The summed E-state index contributed by atoms with van der Waals surface area (Å²) in [5, 5.41) is 14.2. The van der Waals surface area contributed by atoms with E-state index in [1.54, 1.807) is 0 Å². The van der Waals surface area contributed by atoms with E-state index in [0.717, 1.165) is 0 Å². The molecular weight excluding hydrogens is 100 g/mol. The summed E-state index contributed by atoms with van der Waals surface area (Å²) in [5.41, 5.74) is 0.931. The van der Waals surface area contributed by atoms with E-state index in [4.69, 9.17) is 10.8 Å². The molecule has 0 aliphatic rings. The van der Waals surface area contributed by atoms with Crippen LogP contribution in [0.15, 0.2) is 0 Å².